The van der Waals surface area contributed by atoms with Gasteiger partial charge in [0.25, 0.3) is 5.91 Å². The summed E-state index contributed by atoms with van der Waals surface area (Å²) in [6.45, 7) is 4.62. The summed E-state index contributed by atoms with van der Waals surface area (Å²) < 4.78 is 16.4. The summed E-state index contributed by atoms with van der Waals surface area (Å²) in [7, 11) is 0. The summed E-state index contributed by atoms with van der Waals surface area (Å²) in [6, 6.07) is 7.03. The molecule has 1 aromatic heterocycles. The largest absolute Gasteiger partial charge is 0.494 e. The maximum absolute atomic E-state index is 12.0. The molecule has 1 atom stereocenters. The highest BCUT2D eigenvalue weighted by molar-refractivity contribution is 5.94. The average Bonchev–Trinajstić information content (AvgIpc) is 3.26. The maximum Gasteiger partial charge on any atom is 0.287 e. The van der Waals surface area contributed by atoms with Crippen molar-refractivity contribution in [1.82, 2.24) is 10.6 Å². The van der Waals surface area contributed by atoms with E-state index in [1.807, 2.05) is 26.0 Å². The first kappa shape index (κ1) is 17.8. The lowest BCUT2D eigenvalue weighted by molar-refractivity contribution is -0.120. The number of rotatable bonds is 7. The summed E-state index contributed by atoms with van der Waals surface area (Å²) in [5.74, 6) is 1.00. The first-order valence-corrected chi connectivity index (χ1v) is 8.60. The molecule has 2 amide bonds. The number of hydrogen-bond donors (Lipinski definition) is 2. The summed E-state index contributed by atoms with van der Waals surface area (Å²) in [5, 5.41) is 5.29. The van der Waals surface area contributed by atoms with E-state index in [1.54, 1.807) is 6.07 Å². The molecule has 0 unspecified atom stereocenters. The van der Waals surface area contributed by atoms with Gasteiger partial charge < -0.3 is 24.5 Å². The zero-order chi connectivity index (χ0) is 18.5. The van der Waals surface area contributed by atoms with Crippen molar-refractivity contribution in [3.8, 4) is 11.5 Å². The maximum atomic E-state index is 12.0. The van der Waals surface area contributed by atoms with Gasteiger partial charge in [-0.15, -0.1) is 0 Å². The number of hydrogen-bond acceptors (Lipinski definition) is 5. The van der Waals surface area contributed by atoms with Crippen molar-refractivity contribution >= 4 is 11.8 Å². The molecule has 0 bridgehead atoms. The smallest absolute Gasteiger partial charge is 0.287 e. The highest BCUT2D eigenvalue weighted by Crippen LogP contribution is 2.35. The first-order valence-electron chi connectivity index (χ1n) is 8.60. The quantitative estimate of drug-likeness (QED) is 0.791. The molecule has 0 saturated heterocycles. The van der Waals surface area contributed by atoms with E-state index in [9.17, 15) is 9.59 Å². The molecule has 7 heteroatoms. The summed E-state index contributed by atoms with van der Waals surface area (Å²) in [6.07, 6.45) is 2.39. The van der Waals surface area contributed by atoms with E-state index in [1.165, 1.54) is 12.3 Å². The van der Waals surface area contributed by atoms with Crippen LogP contribution >= 0.6 is 0 Å². The normalized spacial score (nSPS) is 15.1. The van der Waals surface area contributed by atoms with Gasteiger partial charge in [0.1, 0.15) is 17.6 Å². The SMILES string of the molecule is CCOc1cc2c(cc1CNC(=O)CNC(=O)c1ccco1)O[C@@H](C)C2. The first-order chi connectivity index (χ1) is 12.6. The molecular formula is C19H22N2O5. The number of amides is 2. The third-order valence-electron chi connectivity index (χ3n) is 4.01. The molecule has 1 aliphatic heterocycles. The standard InChI is InChI=1S/C19H22N2O5/c1-3-24-16-8-13-7-12(2)26-17(13)9-14(16)10-20-18(22)11-21-19(23)15-5-4-6-25-15/h4-6,8-9,12H,3,7,10-11H2,1-2H3,(H,20,22)(H,21,23)/t12-/m0/s1. The van der Waals surface area contributed by atoms with Crippen molar-refractivity contribution in [2.75, 3.05) is 13.2 Å². The zero-order valence-electron chi connectivity index (χ0n) is 14.8. The van der Waals surface area contributed by atoms with Crippen LogP contribution in [0.25, 0.3) is 0 Å². The third kappa shape index (κ3) is 4.17. The van der Waals surface area contributed by atoms with Gasteiger partial charge in [-0.2, -0.15) is 0 Å². The molecule has 1 aliphatic rings. The molecule has 0 spiro atoms. The lowest BCUT2D eigenvalue weighted by Crippen LogP contribution is -2.36. The highest BCUT2D eigenvalue weighted by atomic mass is 16.5. The van der Waals surface area contributed by atoms with E-state index in [-0.39, 0.29) is 30.9 Å². The number of carbonyl (C=O) groups excluding carboxylic acids is 2. The molecule has 2 aromatic rings. The van der Waals surface area contributed by atoms with Gasteiger partial charge in [-0.05, 0) is 38.1 Å². The predicted octanol–water partition coefficient (Wildman–Crippen LogP) is 2.05. The Morgan fingerprint density at radius 2 is 2.15 bits per heavy atom. The Labute approximate surface area is 151 Å². The minimum atomic E-state index is -0.430. The fourth-order valence-electron chi connectivity index (χ4n) is 2.82. The predicted molar refractivity (Wildman–Crippen MR) is 94.3 cm³/mol. The molecule has 0 radical (unpaired) electrons. The minimum absolute atomic E-state index is 0.137. The Kier molecular flexibility index (Phi) is 5.46. The molecule has 0 aliphatic carbocycles. The number of ether oxygens (including phenoxy) is 2. The second-order valence-corrected chi connectivity index (χ2v) is 6.07. The number of benzene rings is 1. The third-order valence-corrected chi connectivity index (χ3v) is 4.01. The van der Waals surface area contributed by atoms with E-state index in [0.717, 1.165) is 29.0 Å². The van der Waals surface area contributed by atoms with E-state index in [2.05, 4.69) is 10.6 Å². The molecule has 0 fully saturated rings. The topological polar surface area (TPSA) is 89.8 Å². The Morgan fingerprint density at radius 3 is 2.88 bits per heavy atom. The Bertz CT molecular complexity index is 785. The van der Waals surface area contributed by atoms with Gasteiger partial charge in [-0.25, -0.2) is 0 Å². The van der Waals surface area contributed by atoms with Crippen LogP contribution in [-0.2, 0) is 17.8 Å². The van der Waals surface area contributed by atoms with Gasteiger partial charge in [0, 0.05) is 24.1 Å². The van der Waals surface area contributed by atoms with Crippen LogP contribution in [0.2, 0.25) is 0 Å². The van der Waals surface area contributed by atoms with Gasteiger partial charge in [0.15, 0.2) is 5.76 Å². The van der Waals surface area contributed by atoms with E-state index in [4.69, 9.17) is 13.9 Å². The highest BCUT2D eigenvalue weighted by Gasteiger charge is 2.22. The number of nitrogens with one attached hydrogen (secondary N) is 2. The summed E-state index contributed by atoms with van der Waals surface area (Å²) in [4.78, 5) is 23.8. The number of carbonyl (C=O) groups is 2. The monoisotopic (exact) mass is 358 g/mol. The van der Waals surface area contributed by atoms with Crippen LogP contribution in [0.15, 0.2) is 34.9 Å². The Balaban J connectivity index is 1.57. The van der Waals surface area contributed by atoms with E-state index >= 15 is 0 Å². The molecule has 2 N–H and O–H groups in total. The zero-order valence-corrected chi connectivity index (χ0v) is 14.8. The van der Waals surface area contributed by atoms with Crippen LogP contribution in [-0.4, -0.2) is 31.1 Å². The fourth-order valence-corrected chi connectivity index (χ4v) is 2.82. The lowest BCUT2D eigenvalue weighted by atomic mass is 10.1. The van der Waals surface area contributed by atoms with E-state index < -0.39 is 5.91 Å². The van der Waals surface area contributed by atoms with Gasteiger partial charge >= 0.3 is 0 Å². The Morgan fingerprint density at radius 1 is 1.31 bits per heavy atom. The lowest BCUT2D eigenvalue weighted by Gasteiger charge is -2.13. The summed E-state index contributed by atoms with van der Waals surface area (Å²) in [5.41, 5.74) is 1.95. The van der Waals surface area contributed by atoms with Crippen molar-refractivity contribution in [2.24, 2.45) is 0 Å². The molecule has 0 saturated carbocycles. The van der Waals surface area contributed by atoms with Gasteiger partial charge in [0.2, 0.25) is 5.91 Å². The van der Waals surface area contributed by atoms with Gasteiger partial charge in [0.05, 0.1) is 19.4 Å². The summed E-state index contributed by atoms with van der Waals surface area (Å²) >= 11 is 0. The number of fused-ring (bicyclic) bond motifs is 1. The second-order valence-electron chi connectivity index (χ2n) is 6.07. The van der Waals surface area contributed by atoms with Crippen molar-refractivity contribution in [3.63, 3.8) is 0 Å². The Hall–Kier alpha value is -2.96. The second kappa shape index (κ2) is 7.95. The average molecular weight is 358 g/mol. The van der Waals surface area contributed by atoms with Gasteiger partial charge in [-0.3, -0.25) is 9.59 Å². The van der Waals surface area contributed by atoms with Crippen LogP contribution < -0.4 is 20.1 Å². The fraction of sp³-hybridized carbons (Fsp3) is 0.368. The van der Waals surface area contributed by atoms with Crippen LogP contribution in [0.3, 0.4) is 0 Å². The van der Waals surface area contributed by atoms with Crippen LogP contribution in [0, 0.1) is 0 Å². The van der Waals surface area contributed by atoms with Crippen molar-refractivity contribution in [3.05, 3.63) is 47.4 Å². The molecule has 138 valence electrons. The molecule has 1 aromatic carbocycles. The van der Waals surface area contributed by atoms with E-state index in [0.29, 0.717) is 6.61 Å². The molecule has 7 nitrogen and oxygen atoms in total. The minimum Gasteiger partial charge on any atom is -0.494 e. The number of furan rings is 1. The van der Waals surface area contributed by atoms with Crippen LogP contribution in [0.4, 0.5) is 0 Å². The van der Waals surface area contributed by atoms with Crippen molar-refractivity contribution in [1.29, 1.82) is 0 Å². The van der Waals surface area contributed by atoms with Gasteiger partial charge in [-0.1, -0.05) is 0 Å². The molecule has 26 heavy (non-hydrogen) atoms. The molecular weight excluding hydrogens is 336 g/mol. The van der Waals surface area contributed by atoms with Crippen LogP contribution in [0.1, 0.15) is 35.5 Å². The van der Waals surface area contributed by atoms with Crippen LogP contribution in [0.5, 0.6) is 11.5 Å². The molecule has 3 rings (SSSR count). The molecule has 2 heterocycles. The van der Waals surface area contributed by atoms with Crippen molar-refractivity contribution in [2.45, 2.75) is 32.9 Å². The van der Waals surface area contributed by atoms with Crippen molar-refractivity contribution < 1.29 is 23.5 Å².